The van der Waals surface area contributed by atoms with Crippen LogP contribution in [0.2, 0.25) is 0 Å². The number of hydrogen-bond donors (Lipinski definition) is 0. The van der Waals surface area contributed by atoms with Crippen LogP contribution >= 0.6 is 0 Å². The SMILES string of the molecule is CC1(C(=O)N2CCCC3(CCCOC3)C2)COC1. The van der Waals surface area contributed by atoms with Crippen molar-refractivity contribution in [3.8, 4) is 0 Å². The molecule has 3 fully saturated rings. The van der Waals surface area contributed by atoms with Gasteiger partial charge in [-0.15, -0.1) is 0 Å². The minimum Gasteiger partial charge on any atom is -0.381 e. The zero-order chi connectivity index (χ0) is 12.6. The topological polar surface area (TPSA) is 38.8 Å². The summed E-state index contributed by atoms with van der Waals surface area (Å²) in [5, 5.41) is 0. The molecule has 1 amide bonds. The number of likely N-dealkylation sites (tertiary alicyclic amines) is 1. The summed E-state index contributed by atoms with van der Waals surface area (Å²) in [6.07, 6.45) is 4.68. The van der Waals surface area contributed by atoms with Crippen molar-refractivity contribution in [2.75, 3.05) is 39.5 Å². The third-order valence-corrected chi connectivity index (χ3v) is 4.71. The zero-order valence-corrected chi connectivity index (χ0v) is 11.2. The van der Waals surface area contributed by atoms with Gasteiger partial charge in [0.05, 0.1) is 25.2 Å². The minimum atomic E-state index is -0.256. The lowest BCUT2D eigenvalue weighted by molar-refractivity contribution is -0.174. The van der Waals surface area contributed by atoms with Gasteiger partial charge in [-0.2, -0.15) is 0 Å². The van der Waals surface area contributed by atoms with E-state index in [0.29, 0.717) is 19.1 Å². The van der Waals surface area contributed by atoms with Gasteiger partial charge in [0.2, 0.25) is 5.91 Å². The molecule has 4 nitrogen and oxygen atoms in total. The van der Waals surface area contributed by atoms with Gasteiger partial charge in [-0.1, -0.05) is 0 Å². The van der Waals surface area contributed by atoms with Crippen molar-refractivity contribution in [2.45, 2.75) is 32.6 Å². The summed E-state index contributed by atoms with van der Waals surface area (Å²) in [6, 6.07) is 0. The van der Waals surface area contributed by atoms with Crippen LogP contribution in [0.1, 0.15) is 32.6 Å². The zero-order valence-electron chi connectivity index (χ0n) is 11.2. The maximum Gasteiger partial charge on any atom is 0.233 e. The van der Waals surface area contributed by atoms with Crippen molar-refractivity contribution in [1.82, 2.24) is 4.90 Å². The van der Waals surface area contributed by atoms with E-state index in [1.807, 2.05) is 6.92 Å². The van der Waals surface area contributed by atoms with Gasteiger partial charge in [-0.25, -0.2) is 0 Å². The van der Waals surface area contributed by atoms with E-state index in [9.17, 15) is 4.79 Å². The first-order chi connectivity index (χ1) is 8.64. The number of carbonyl (C=O) groups excluding carboxylic acids is 1. The average Bonchev–Trinajstić information content (AvgIpc) is 2.36. The third kappa shape index (κ3) is 2.05. The summed E-state index contributed by atoms with van der Waals surface area (Å²) in [7, 11) is 0. The highest BCUT2D eigenvalue weighted by Gasteiger charge is 2.47. The molecule has 102 valence electrons. The molecule has 3 aliphatic heterocycles. The molecule has 0 aromatic rings. The maximum absolute atomic E-state index is 12.5. The van der Waals surface area contributed by atoms with Gasteiger partial charge >= 0.3 is 0 Å². The number of ether oxygens (including phenoxy) is 2. The molecule has 3 rings (SSSR count). The highest BCUT2D eigenvalue weighted by molar-refractivity contribution is 5.83. The van der Waals surface area contributed by atoms with E-state index in [1.165, 1.54) is 12.8 Å². The Labute approximate surface area is 109 Å². The van der Waals surface area contributed by atoms with Crippen LogP contribution < -0.4 is 0 Å². The molecule has 3 aliphatic rings. The Kier molecular flexibility index (Phi) is 3.10. The van der Waals surface area contributed by atoms with E-state index in [2.05, 4.69) is 4.90 Å². The molecule has 0 aromatic carbocycles. The van der Waals surface area contributed by atoms with Crippen molar-refractivity contribution in [3.63, 3.8) is 0 Å². The lowest BCUT2D eigenvalue weighted by atomic mass is 9.75. The van der Waals surface area contributed by atoms with Crippen LogP contribution in [0, 0.1) is 10.8 Å². The maximum atomic E-state index is 12.5. The first-order valence-electron chi connectivity index (χ1n) is 7.09. The lowest BCUT2D eigenvalue weighted by Crippen LogP contribution is -2.58. The van der Waals surface area contributed by atoms with Crippen molar-refractivity contribution in [1.29, 1.82) is 0 Å². The number of rotatable bonds is 1. The van der Waals surface area contributed by atoms with E-state index in [0.717, 1.165) is 39.1 Å². The highest BCUT2D eigenvalue weighted by atomic mass is 16.5. The van der Waals surface area contributed by atoms with Crippen LogP contribution in [0.15, 0.2) is 0 Å². The molecular weight excluding hydrogens is 230 g/mol. The molecule has 0 saturated carbocycles. The molecule has 1 spiro atoms. The second-order valence-electron chi connectivity index (χ2n) is 6.54. The van der Waals surface area contributed by atoms with Gasteiger partial charge in [-0.05, 0) is 32.6 Å². The molecule has 0 bridgehead atoms. The van der Waals surface area contributed by atoms with Crippen molar-refractivity contribution >= 4 is 5.91 Å². The van der Waals surface area contributed by atoms with Crippen LogP contribution in [0.3, 0.4) is 0 Å². The smallest absolute Gasteiger partial charge is 0.233 e. The molecule has 0 N–H and O–H groups in total. The standard InChI is InChI=1S/C14H23NO3/c1-13(9-18-10-13)12(16)15-6-2-4-14(8-15)5-3-7-17-11-14/h2-11H2,1H3. The van der Waals surface area contributed by atoms with E-state index in [1.54, 1.807) is 0 Å². The van der Waals surface area contributed by atoms with E-state index >= 15 is 0 Å². The molecule has 3 saturated heterocycles. The summed E-state index contributed by atoms with van der Waals surface area (Å²) in [4.78, 5) is 14.6. The second kappa shape index (κ2) is 4.49. The first-order valence-corrected chi connectivity index (χ1v) is 7.09. The molecule has 0 aromatic heterocycles. The third-order valence-electron chi connectivity index (χ3n) is 4.71. The summed E-state index contributed by atoms with van der Waals surface area (Å²) >= 11 is 0. The van der Waals surface area contributed by atoms with Crippen LogP contribution in [0.25, 0.3) is 0 Å². The fourth-order valence-electron chi connectivity index (χ4n) is 3.53. The largest absolute Gasteiger partial charge is 0.381 e. The summed E-state index contributed by atoms with van der Waals surface area (Å²) in [5.74, 6) is 0.290. The van der Waals surface area contributed by atoms with Gasteiger partial charge in [0.1, 0.15) is 0 Å². The Balaban J connectivity index is 1.68. The van der Waals surface area contributed by atoms with Gasteiger partial charge in [0.25, 0.3) is 0 Å². The molecule has 0 aliphatic carbocycles. The van der Waals surface area contributed by atoms with Gasteiger partial charge in [0, 0.05) is 25.1 Å². The van der Waals surface area contributed by atoms with Crippen LogP contribution in [-0.2, 0) is 14.3 Å². The van der Waals surface area contributed by atoms with E-state index in [4.69, 9.17) is 9.47 Å². The number of carbonyl (C=O) groups is 1. The van der Waals surface area contributed by atoms with Crippen molar-refractivity contribution < 1.29 is 14.3 Å². The van der Waals surface area contributed by atoms with Gasteiger partial charge in [-0.3, -0.25) is 4.79 Å². The molecule has 4 heteroatoms. The summed E-state index contributed by atoms with van der Waals surface area (Å²) < 4.78 is 10.9. The Morgan fingerprint density at radius 3 is 2.50 bits per heavy atom. The minimum absolute atomic E-state index is 0.243. The van der Waals surface area contributed by atoms with Crippen molar-refractivity contribution in [2.24, 2.45) is 10.8 Å². The number of amides is 1. The van der Waals surface area contributed by atoms with E-state index in [-0.39, 0.29) is 10.8 Å². The quantitative estimate of drug-likeness (QED) is 0.710. The number of nitrogens with zero attached hydrogens (tertiary/aromatic N) is 1. The predicted molar refractivity (Wildman–Crippen MR) is 67.2 cm³/mol. The summed E-state index contributed by atoms with van der Waals surface area (Å²) in [6.45, 7) is 6.73. The van der Waals surface area contributed by atoms with Gasteiger partial charge in [0.15, 0.2) is 0 Å². The molecule has 1 atom stereocenters. The Morgan fingerprint density at radius 2 is 1.89 bits per heavy atom. The van der Waals surface area contributed by atoms with Crippen LogP contribution in [-0.4, -0.2) is 50.3 Å². The second-order valence-corrected chi connectivity index (χ2v) is 6.54. The average molecular weight is 253 g/mol. The Morgan fingerprint density at radius 1 is 1.11 bits per heavy atom. The molecule has 3 heterocycles. The van der Waals surface area contributed by atoms with Crippen LogP contribution in [0.5, 0.6) is 0 Å². The van der Waals surface area contributed by atoms with Crippen LogP contribution in [0.4, 0.5) is 0 Å². The fraction of sp³-hybridized carbons (Fsp3) is 0.929. The normalized spacial score (nSPS) is 35.3. The van der Waals surface area contributed by atoms with E-state index < -0.39 is 0 Å². The monoisotopic (exact) mass is 253 g/mol. The predicted octanol–water partition coefficient (Wildman–Crippen LogP) is 1.44. The molecule has 1 unspecified atom stereocenters. The first kappa shape index (κ1) is 12.4. The molecular formula is C14H23NO3. The highest BCUT2D eigenvalue weighted by Crippen LogP contribution is 2.39. The molecule has 18 heavy (non-hydrogen) atoms. The van der Waals surface area contributed by atoms with Gasteiger partial charge < -0.3 is 14.4 Å². The Hall–Kier alpha value is -0.610. The Bertz CT molecular complexity index is 326. The summed E-state index contributed by atoms with van der Waals surface area (Å²) in [5.41, 5.74) is -0.0127. The lowest BCUT2D eigenvalue weighted by Gasteiger charge is -2.48. The molecule has 0 radical (unpaired) electrons. The fourth-order valence-corrected chi connectivity index (χ4v) is 3.53. The number of hydrogen-bond acceptors (Lipinski definition) is 3. The van der Waals surface area contributed by atoms with Crippen molar-refractivity contribution in [3.05, 3.63) is 0 Å². The number of piperidine rings is 1.